The number of rotatable bonds is 6. The van der Waals surface area contributed by atoms with Crippen LogP contribution in [0.3, 0.4) is 0 Å². The Morgan fingerprint density at radius 1 is 1.15 bits per heavy atom. The zero-order valence-electron chi connectivity index (χ0n) is 13.6. The predicted octanol–water partition coefficient (Wildman–Crippen LogP) is 1.69. The number of alkyl carbamates (subject to hydrolysis) is 1. The van der Waals surface area contributed by atoms with Crippen LogP contribution in [-0.4, -0.2) is 43.4 Å². The molecule has 0 aliphatic rings. The Kier molecular flexibility index (Phi) is 7.57. The topological polar surface area (TPSA) is 76.7 Å². The van der Waals surface area contributed by atoms with Gasteiger partial charge in [-0.3, -0.25) is 4.79 Å². The minimum Gasteiger partial charge on any atom is -0.468 e. The number of esters is 1. The molecule has 0 rings (SSSR count). The van der Waals surface area contributed by atoms with Crippen LogP contribution in [0, 0.1) is 5.92 Å². The third-order valence-corrected chi connectivity index (χ3v) is 2.71. The second-order valence-electron chi connectivity index (χ2n) is 6.15. The summed E-state index contributed by atoms with van der Waals surface area (Å²) in [6.07, 6.45) is -0.455. The number of methoxy groups -OCH3 is 1. The maximum absolute atomic E-state index is 11.8. The molecular formula is C14H28N2O4. The van der Waals surface area contributed by atoms with E-state index in [0.717, 1.165) is 0 Å². The summed E-state index contributed by atoms with van der Waals surface area (Å²) in [5.74, 6) is -0.121. The molecule has 0 bridgehead atoms. The molecule has 0 aliphatic carbocycles. The maximum Gasteiger partial charge on any atom is 0.407 e. The van der Waals surface area contributed by atoms with E-state index in [4.69, 9.17) is 4.74 Å². The fourth-order valence-corrected chi connectivity index (χ4v) is 1.48. The predicted molar refractivity (Wildman–Crippen MR) is 77.5 cm³/mol. The highest BCUT2D eigenvalue weighted by Gasteiger charge is 2.22. The lowest BCUT2D eigenvalue weighted by molar-refractivity contribution is -0.142. The normalized spacial score (nSPS) is 14.6. The Balaban J connectivity index is 4.38. The zero-order chi connectivity index (χ0) is 15.9. The van der Waals surface area contributed by atoms with Crippen molar-refractivity contribution >= 4 is 12.1 Å². The fourth-order valence-electron chi connectivity index (χ4n) is 1.48. The van der Waals surface area contributed by atoms with Gasteiger partial charge in [0.05, 0.1) is 7.11 Å². The van der Waals surface area contributed by atoms with E-state index in [0.29, 0.717) is 6.54 Å². The molecule has 0 saturated carbocycles. The van der Waals surface area contributed by atoms with E-state index in [1.165, 1.54) is 7.11 Å². The van der Waals surface area contributed by atoms with Gasteiger partial charge < -0.3 is 20.1 Å². The van der Waals surface area contributed by atoms with Crippen LogP contribution in [0.15, 0.2) is 0 Å². The molecule has 0 aromatic carbocycles. The number of carbonyl (C=O) groups excluding carboxylic acids is 2. The molecule has 2 unspecified atom stereocenters. The molecule has 6 nitrogen and oxygen atoms in total. The molecule has 0 aliphatic heterocycles. The molecule has 0 saturated heterocycles. The van der Waals surface area contributed by atoms with Crippen molar-refractivity contribution in [2.75, 3.05) is 13.7 Å². The molecule has 20 heavy (non-hydrogen) atoms. The molecule has 0 spiro atoms. The average molecular weight is 288 g/mol. The summed E-state index contributed by atoms with van der Waals surface area (Å²) in [7, 11) is 1.35. The third-order valence-electron chi connectivity index (χ3n) is 2.71. The Bertz CT molecular complexity index is 324. The van der Waals surface area contributed by atoms with E-state index in [-0.39, 0.29) is 17.9 Å². The second kappa shape index (κ2) is 8.09. The highest BCUT2D eigenvalue weighted by molar-refractivity contribution is 5.75. The number of amides is 1. The first-order valence-electron chi connectivity index (χ1n) is 6.87. The van der Waals surface area contributed by atoms with E-state index in [1.54, 1.807) is 6.92 Å². The summed E-state index contributed by atoms with van der Waals surface area (Å²) in [5, 5.41) is 5.85. The minimum absolute atomic E-state index is 0.128. The first kappa shape index (κ1) is 18.7. The molecule has 0 heterocycles. The molecule has 0 aromatic rings. The summed E-state index contributed by atoms with van der Waals surface area (Å²) in [6, 6.07) is -0.543. The van der Waals surface area contributed by atoms with Gasteiger partial charge in [0.15, 0.2) is 0 Å². The van der Waals surface area contributed by atoms with Crippen molar-refractivity contribution in [3.8, 4) is 0 Å². The molecule has 0 aromatic heterocycles. The molecule has 0 fully saturated rings. The Morgan fingerprint density at radius 2 is 1.70 bits per heavy atom. The monoisotopic (exact) mass is 288 g/mol. The van der Waals surface area contributed by atoms with Crippen molar-refractivity contribution in [2.45, 2.75) is 59.2 Å². The van der Waals surface area contributed by atoms with Gasteiger partial charge in [-0.25, -0.2) is 4.79 Å². The van der Waals surface area contributed by atoms with Gasteiger partial charge >= 0.3 is 12.1 Å². The van der Waals surface area contributed by atoms with Gasteiger partial charge in [0, 0.05) is 12.6 Å². The zero-order valence-corrected chi connectivity index (χ0v) is 13.6. The second-order valence-corrected chi connectivity index (χ2v) is 6.15. The number of ether oxygens (including phenoxy) is 2. The SMILES string of the molecule is COC(=O)C(C)NCC(NC(=O)OC(C)(C)C)C(C)C. The largest absolute Gasteiger partial charge is 0.468 e. The van der Waals surface area contributed by atoms with Crippen molar-refractivity contribution in [3.63, 3.8) is 0 Å². The van der Waals surface area contributed by atoms with E-state index in [2.05, 4.69) is 15.4 Å². The number of hydrogen-bond acceptors (Lipinski definition) is 5. The van der Waals surface area contributed by atoms with Gasteiger partial charge in [0.1, 0.15) is 11.6 Å². The number of carbonyl (C=O) groups is 2. The van der Waals surface area contributed by atoms with Gasteiger partial charge in [-0.1, -0.05) is 13.8 Å². The summed E-state index contributed by atoms with van der Waals surface area (Å²) in [5.41, 5.74) is -0.529. The summed E-state index contributed by atoms with van der Waals surface area (Å²) in [4.78, 5) is 23.1. The smallest absolute Gasteiger partial charge is 0.407 e. The van der Waals surface area contributed by atoms with Crippen LogP contribution < -0.4 is 10.6 Å². The quantitative estimate of drug-likeness (QED) is 0.727. The lowest BCUT2D eigenvalue weighted by atomic mass is 10.0. The summed E-state index contributed by atoms with van der Waals surface area (Å²) >= 11 is 0. The van der Waals surface area contributed by atoms with Gasteiger partial charge in [0.25, 0.3) is 0 Å². The molecule has 0 radical (unpaired) electrons. The van der Waals surface area contributed by atoms with Crippen LogP contribution in [0.25, 0.3) is 0 Å². The van der Waals surface area contributed by atoms with Crippen LogP contribution in [0.1, 0.15) is 41.5 Å². The van der Waals surface area contributed by atoms with Crippen molar-refractivity contribution < 1.29 is 19.1 Å². The first-order chi connectivity index (χ1) is 9.06. The standard InChI is InChI=1S/C14H28N2O4/c1-9(2)11(8-15-10(3)12(17)19-7)16-13(18)20-14(4,5)6/h9-11,15H,8H2,1-7H3,(H,16,18). The van der Waals surface area contributed by atoms with Crippen LogP contribution in [0.5, 0.6) is 0 Å². The van der Waals surface area contributed by atoms with Crippen molar-refractivity contribution in [3.05, 3.63) is 0 Å². The molecule has 2 atom stereocenters. The molecule has 6 heteroatoms. The number of hydrogen-bond donors (Lipinski definition) is 2. The Morgan fingerprint density at radius 3 is 2.10 bits per heavy atom. The minimum atomic E-state index is -0.529. The van der Waals surface area contributed by atoms with Gasteiger partial charge in [-0.15, -0.1) is 0 Å². The van der Waals surface area contributed by atoms with Crippen LogP contribution in [0.2, 0.25) is 0 Å². The lowest BCUT2D eigenvalue weighted by Gasteiger charge is -2.26. The molecule has 118 valence electrons. The summed E-state index contributed by atoms with van der Waals surface area (Å²) in [6.45, 7) is 11.6. The maximum atomic E-state index is 11.8. The Labute approximate surface area is 121 Å². The highest BCUT2D eigenvalue weighted by Crippen LogP contribution is 2.08. The summed E-state index contributed by atoms with van der Waals surface area (Å²) < 4.78 is 9.86. The van der Waals surface area contributed by atoms with E-state index >= 15 is 0 Å². The van der Waals surface area contributed by atoms with Gasteiger partial charge in [-0.05, 0) is 33.6 Å². The fraction of sp³-hybridized carbons (Fsp3) is 0.857. The van der Waals surface area contributed by atoms with E-state index in [9.17, 15) is 9.59 Å². The average Bonchev–Trinajstić information content (AvgIpc) is 2.30. The van der Waals surface area contributed by atoms with Crippen molar-refractivity contribution in [1.29, 1.82) is 0 Å². The van der Waals surface area contributed by atoms with Crippen LogP contribution >= 0.6 is 0 Å². The van der Waals surface area contributed by atoms with E-state index < -0.39 is 17.7 Å². The van der Waals surface area contributed by atoms with Crippen molar-refractivity contribution in [2.24, 2.45) is 5.92 Å². The highest BCUT2D eigenvalue weighted by atomic mass is 16.6. The van der Waals surface area contributed by atoms with Crippen LogP contribution in [-0.2, 0) is 14.3 Å². The van der Waals surface area contributed by atoms with Crippen LogP contribution in [0.4, 0.5) is 4.79 Å². The first-order valence-corrected chi connectivity index (χ1v) is 6.87. The molecule has 1 amide bonds. The Hall–Kier alpha value is -1.30. The van der Waals surface area contributed by atoms with E-state index in [1.807, 2.05) is 34.6 Å². The lowest BCUT2D eigenvalue weighted by Crippen LogP contribution is -2.49. The number of nitrogens with one attached hydrogen (secondary N) is 2. The molecule has 2 N–H and O–H groups in total. The molecular weight excluding hydrogens is 260 g/mol. The third kappa shape index (κ3) is 7.99. The van der Waals surface area contributed by atoms with Gasteiger partial charge in [0.2, 0.25) is 0 Å². The van der Waals surface area contributed by atoms with Crippen molar-refractivity contribution in [1.82, 2.24) is 10.6 Å². The van der Waals surface area contributed by atoms with Gasteiger partial charge in [-0.2, -0.15) is 0 Å².